The van der Waals surface area contributed by atoms with Gasteiger partial charge >= 0.3 is 5.57 Å². The lowest BCUT2D eigenvalue weighted by Crippen LogP contribution is -2.44. The number of hydrogen-bond acceptors (Lipinski definition) is 6. The molecule has 0 spiro atoms. The van der Waals surface area contributed by atoms with Crippen molar-refractivity contribution < 1.29 is 27.8 Å². The molecule has 3 aromatic rings. The van der Waals surface area contributed by atoms with Crippen LogP contribution in [0.2, 0.25) is 0 Å². The SMILES string of the molecule is COc1ccc(CN2C(=O)CC(C(=O)Nc3ccc(OC(F)(F)Cl)cc3)SC2=Nc2ccccc2)cc1. The third kappa shape index (κ3) is 7.43. The molecule has 1 saturated heterocycles. The van der Waals surface area contributed by atoms with Crippen LogP contribution in [0.25, 0.3) is 0 Å². The smallest absolute Gasteiger partial charge is 0.487 e. The van der Waals surface area contributed by atoms with Crippen LogP contribution in [0.4, 0.5) is 20.2 Å². The summed E-state index contributed by atoms with van der Waals surface area (Å²) in [6.07, 6.45) is -0.0415. The van der Waals surface area contributed by atoms with Gasteiger partial charge in [-0.15, -0.1) is 8.78 Å². The van der Waals surface area contributed by atoms with Crippen LogP contribution in [0.1, 0.15) is 12.0 Å². The Bertz CT molecular complexity index is 1270. The fourth-order valence-corrected chi connectivity index (χ4v) is 4.67. The van der Waals surface area contributed by atoms with Gasteiger partial charge in [0.1, 0.15) is 16.7 Å². The van der Waals surface area contributed by atoms with Crippen LogP contribution < -0.4 is 14.8 Å². The van der Waals surface area contributed by atoms with Crippen molar-refractivity contribution in [3.05, 3.63) is 84.4 Å². The van der Waals surface area contributed by atoms with Crippen LogP contribution in [0.15, 0.2) is 83.9 Å². The molecule has 4 rings (SSSR count). The molecule has 0 saturated carbocycles. The number of amidine groups is 1. The fourth-order valence-electron chi connectivity index (χ4n) is 3.49. The number of methoxy groups -OCH3 is 1. The maximum atomic E-state index is 13.2. The first-order chi connectivity index (χ1) is 17.7. The van der Waals surface area contributed by atoms with Crippen molar-refractivity contribution in [3.63, 3.8) is 0 Å². The predicted molar refractivity (Wildman–Crippen MR) is 140 cm³/mol. The van der Waals surface area contributed by atoms with Crippen LogP contribution in [0, 0.1) is 0 Å². The van der Waals surface area contributed by atoms with Gasteiger partial charge < -0.3 is 14.8 Å². The average Bonchev–Trinajstić information content (AvgIpc) is 2.87. The average molecular weight is 546 g/mol. The lowest BCUT2D eigenvalue weighted by Gasteiger charge is -2.32. The number of carbonyl (C=O) groups excluding carboxylic acids is 2. The maximum Gasteiger partial charge on any atom is 0.487 e. The summed E-state index contributed by atoms with van der Waals surface area (Å²) in [6.45, 7) is 0.280. The summed E-state index contributed by atoms with van der Waals surface area (Å²) >= 11 is 5.95. The third-order valence-electron chi connectivity index (χ3n) is 5.27. The number of carbonyl (C=O) groups is 2. The zero-order valence-electron chi connectivity index (χ0n) is 19.6. The molecule has 0 aliphatic carbocycles. The number of anilines is 1. The number of halogens is 3. The number of rotatable bonds is 8. The molecule has 1 aliphatic heterocycles. The molecule has 37 heavy (non-hydrogen) atoms. The highest BCUT2D eigenvalue weighted by Gasteiger charge is 2.36. The number of aliphatic imine (C=N–C) groups is 1. The van der Waals surface area contributed by atoms with E-state index in [2.05, 4.69) is 15.0 Å². The van der Waals surface area contributed by atoms with Crippen molar-refractivity contribution in [2.45, 2.75) is 23.8 Å². The van der Waals surface area contributed by atoms with Gasteiger partial charge in [0.05, 0.1) is 19.3 Å². The highest BCUT2D eigenvalue weighted by molar-refractivity contribution is 8.15. The molecule has 7 nitrogen and oxygen atoms in total. The second-order valence-corrected chi connectivity index (χ2v) is 9.54. The zero-order chi connectivity index (χ0) is 26.4. The molecule has 1 aliphatic rings. The minimum Gasteiger partial charge on any atom is -0.497 e. The highest BCUT2D eigenvalue weighted by Crippen LogP contribution is 2.32. The molecule has 0 radical (unpaired) electrons. The Kier molecular flexibility index (Phi) is 8.30. The lowest BCUT2D eigenvalue weighted by atomic mass is 10.2. The Hall–Kier alpha value is -3.63. The summed E-state index contributed by atoms with van der Waals surface area (Å²) in [5, 5.41) is 2.36. The molecule has 1 fully saturated rings. The molecule has 11 heteroatoms. The zero-order valence-corrected chi connectivity index (χ0v) is 21.1. The van der Waals surface area contributed by atoms with Gasteiger partial charge in [-0.1, -0.05) is 42.1 Å². The normalized spacial score (nSPS) is 17.0. The molecule has 2 amide bonds. The monoisotopic (exact) mass is 545 g/mol. The van der Waals surface area contributed by atoms with E-state index in [4.69, 9.17) is 16.3 Å². The van der Waals surface area contributed by atoms with Gasteiger partial charge in [-0.3, -0.25) is 14.5 Å². The third-order valence-corrected chi connectivity index (χ3v) is 6.53. The minimum absolute atomic E-state index is 0.0415. The topological polar surface area (TPSA) is 80.2 Å². The Morgan fingerprint density at radius 1 is 1.08 bits per heavy atom. The number of hydrogen-bond donors (Lipinski definition) is 1. The number of amides is 2. The van der Waals surface area contributed by atoms with Gasteiger partial charge in [-0.25, -0.2) is 4.99 Å². The van der Waals surface area contributed by atoms with Crippen molar-refractivity contribution in [1.82, 2.24) is 4.90 Å². The Labute approximate surface area is 221 Å². The number of para-hydroxylation sites is 1. The van der Waals surface area contributed by atoms with Crippen molar-refractivity contribution in [1.29, 1.82) is 0 Å². The standard InChI is InChI=1S/C26H22ClF2N3O4S/c1-35-20-11-7-17(8-12-20)16-32-23(33)15-22(37-25(32)31-18-5-3-2-4-6-18)24(34)30-19-9-13-21(14-10-19)36-26(27,28)29/h2-14,22H,15-16H2,1H3,(H,30,34). The predicted octanol–water partition coefficient (Wildman–Crippen LogP) is 6.02. The van der Waals surface area contributed by atoms with Crippen LogP contribution in [0.5, 0.6) is 11.5 Å². The second kappa shape index (κ2) is 11.6. The van der Waals surface area contributed by atoms with Gasteiger partial charge in [0.2, 0.25) is 11.8 Å². The number of nitrogens with zero attached hydrogens (tertiary/aromatic N) is 2. The van der Waals surface area contributed by atoms with Gasteiger partial charge in [0, 0.05) is 23.7 Å². The molecule has 0 bridgehead atoms. The number of alkyl halides is 3. The first-order valence-electron chi connectivity index (χ1n) is 11.1. The van der Waals surface area contributed by atoms with Gasteiger partial charge in [-0.05, 0) is 54.1 Å². The molecule has 0 aromatic heterocycles. The van der Waals surface area contributed by atoms with Gasteiger partial charge in [-0.2, -0.15) is 0 Å². The lowest BCUT2D eigenvalue weighted by molar-refractivity contribution is -0.129. The highest BCUT2D eigenvalue weighted by atomic mass is 35.5. The first kappa shape index (κ1) is 26.4. The molecule has 1 N–H and O–H groups in total. The van der Waals surface area contributed by atoms with E-state index >= 15 is 0 Å². The van der Waals surface area contributed by atoms with E-state index in [9.17, 15) is 18.4 Å². The molecule has 1 atom stereocenters. The molecule has 192 valence electrons. The van der Waals surface area contributed by atoms with Crippen molar-refractivity contribution >= 4 is 51.7 Å². The number of nitrogens with one attached hydrogen (secondary N) is 1. The van der Waals surface area contributed by atoms with Gasteiger partial charge in [0.15, 0.2) is 5.17 Å². The van der Waals surface area contributed by atoms with E-state index in [0.717, 1.165) is 5.56 Å². The summed E-state index contributed by atoms with van der Waals surface area (Å²) in [6, 6.07) is 21.8. The van der Waals surface area contributed by atoms with Crippen LogP contribution >= 0.6 is 23.4 Å². The van der Waals surface area contributed by atoms with E-state index in [1.807, 2.05) is 42.5 Å². The Morgan fingerprint density at radius 3 is 2.35 bits per heavy atom. The summed E-state index contributed by atoms with van der Waals surface area (Å²) in [7, 11) is 1.58. The van der Waals surface area contributed by atoms with Gasteiger partial charge in [0.25, 0.3) is 0 Å². The number of thioether (sulfide) groups is 1. The van der Waals surface area contributed by atoms with Crippen molar-refractivity contribution in [2.75, 3.05) is 12.4 Å². The van der Waals surface area contributed by atoms with Crippen LogP contribution in [0.3, 0.4) is 0 Å². The Morgan fingerprint density at radius 2 is 1.73 bits per heavy atom. The molecular formula is C26H22ClF2N3O4S. The van der Waals surface area contributed by atoms with E-state index in [1.54, 1.807) is 24.1 Å². The summed E-state index contributed by atoms with van der Waals surface area (Å²) in [5.41, 5.74) is -1.96. The van der Waals surface area contributed by atoms with E-state index in [1.165, 1.54) is 36.0 Å². The van der Waals surface area contributed by atoms with Crippen molar-refractivity contribution in [2.24, 2.45) is 4.99 Å². The largest absolute Gasteiger partial charge is 0.497 e. The second-order valence-electron chi connectivity index (χ2n) is 7.93. The molecule has 1 unspecified atom stereocenters. The van der Waals surface area contributed by atoms with Crippen LogP contribution in [-0.4, -0.2) is 39.8 Å². The summed E-state index contributed by atoms with van der Waals surface area (Å²) in [5.74, 6) is -0.127. The number of ether oxygens (including phenoxy) is 2. The summed E-state index contributed by atoms with van der Waals surface area (Å²) < 4.78 is 35.1. The molecular weight excluding hydrogens is 524 g/mol. The number of benzene rings is 3. The van der Waals surface area contributed by atoms with E-state index in [0.29, 0.717) is 22.3 Å². The quantitative estimate of drug-likeness (QED) is 0.350. The fraction of sp³-hybridized carbons (Fsp3) is 0.192. The Balaban J connectivity index is 1.51. The first-order valence-corrected chi connectivity index (χ1v) is 12.4. The van der Waals surface area contributed by atoms with Crippen LogP contribution in [-0.2, 0) is 16.1 Å². The molecule has 1 heterocycles. The maximum absolute atomic E-state index is 13.2. The van der Waals surface area contributed by atoms with E-state index < -0.39 is 16.7 Å². The summed E-state index contributed by atoms with van der Waals surface area (Å²) in [4.78, 5) is 32.4. The van der Waals surface area contributed by atoms with Crippen molar-refractivity contribution in [3.8, 4) is 11.5 Å². The molecule has 3 aromatic carbocycles. The minimum atomic E-state index is -3.84. The van der Waals surface area contributed by atoms with E-state index in [-0.39, 0.29) is 24.6 Å².